The predicted molar refractivity (Wildman–Crippen MR) is 48.0 cm³/mol. The highest BCUT2D eigenvalue weighted by molar-refractivity contribution is 5.98. The van der Waals surface area contributed by atoms with E-state index >= 15 is 0 Å². The van der Waals surface area contributed by atoms with Crippen LogP contribution in [-0.4, -0.2) is 17.9 Å². The number of carbonyl (C=O) groups excluding carboxylic acids is 1. The van der Waals surface area contributed by atoms with E-state index in [1.807, 2.05) is 12.1 Å². The van der Waals surface area contributed by atoms with Crippen molar-refractivity contribution in [2.45, 2.75) is 24.8 Å². The molecule has 0 radical (unpaired) electrons. The fourth-order valence-corrected chi connectivity index (χ4v) is 2.02. The van der Waals surface area contributed by atoms with Gasteiger partial charge in [-0.25, -0.2) is 9.79 Å². The van der Waals surface area contributed by atoms with Crippen LogP contribution in [0.25, 0.3) is 0 Å². The lowest BCUT2D eigenvalue weighted by atomic mass is 9.91. The Hall–Kier alpha value is -1.58. The van der Waals surface area contributed by atoms with Crippen molar-refractivity contribution in [1.82, 2.24) is 0 Å². The van der Waals surface area contributed by atoms with Crippen molar-refractivity contribution in [3.8, 4) is 0 Å². The van der Waals surface area contributed by atoms with E-state index in [1.165, 1.54) is 0 Å². The summed E-state index contributed by atoms with van der Waals surface area (Å²) in [5.74, 6) is 1.24. The van der Waals surface area contributed by atoms with E-state index in [4.69, 9.17) is 9.15 Å². The fourth-order valence-electron chi connectivity index (χ4n) is 2.02. The second-order valence-corrected chi connectivity index (χ2v) is 3.55. The monoisotopic (exact) mass is 191 g/mol. The molecule has 0 saturated heterocycles. The molecule has 0 spiro atoms. The van der Waals surface area contributed by atoms with Crippen LogP contribution in [0.2, 0.25) is 0 Å². The number of rotatable bonds is 1. The summed E-state index contributed by atoms with van der Waals surface area (Å²) in [7, 11) is 0. The zero-order valence-electron chi connectivity index (χ0n) is 7.47. The van der Waals surface area contributed by atoms with Crippen LogP contribution in [0, 0.1) is 0 Å². The van der Waals surface area contributed by atoms with Gasteiger partial charge in [0.25, 0.3) is 0 Å². The summed E-state index contributed by atoms with van der Waals surface area (Å²) < 4.78 is 10.3. The Morgan fingerprint density at radius 1 is 1.50 bits per heavy atom. The lowest BCUT2D eigenvalue weighted by Crippen LogP contribution is -2.23. The van der Waals surface area contributed by atoms with E-state index in [0.29, 0.717) is 5.90 Å². The summed E-state index contributed by atoms with van der Waals surface area (Å²) >= 11 is 0. The average Bonchev–Trinajstić information content (AvgIpc) is 2.78. The lowest BCUT2D eigenvalue weighted by Gasteiger charge is -2.16. The molecule has 0 fully saturated rings. The number of furan rings is 1. The van der Waals surface area contributed by atoms with Gasteiger partial charge in [0, 0.05) is 6.42 Å². The highest BCUT2D eigenvalue weighted by Crippen LogP contribution is 2.35. The van der Waals surface area contributed by atoms with Gasteiger partial charge in [-0.1, -0.05) is 0 Å². The first kappa shape index (κ1) is 7.79. The van der Waals surface area contributed by atoms with Crippen molar-refractivity contribution in [3.63, 3.8) is 0 Å². The van der Waals surface area contributed by atoms with Crippen LogP contribution in [0.3, 0.4) is 0 Å². The van der Waals surface area contributed by atoms with E-state index in [-0.39, 0.29) is 17.9 Å². The van der Waals surface area contributed by atoms with E-state index in [0.717, 1.165) is 18.6 Å². The maximum absolute atomic E-state index is 11.4. The first-order valence-electron chi connectivity index (χ1n) is 4.66. The van der Waals surface area contributed by atoms with E-state index in [9.17, 15) is 4.79 Å². The summed E-state index contributed by atoms with van der Waals surface area (Å²) in [5, 5.41) is 0. The number of nitrogens with zero attached hydrogens (tertiary/aromatic N) is 1. The van der Waals surface area contributed by atoms with Crippen LogP contribution in [0.15, 0.2) is 27.8 Å². The topological polar surface area (TPSA) is 51.8 Å². The van der Waals surface area contributed by atoms with Crippen LogP contribution in [0.5, 0.6) is 0 Å². The number of hydrogen-bond acceptors (Lipinski definition) is 4. The number of carbonyl (C=O) groups is 1. The minimum atomic E-state index is -0.370. The van der Waals surface area contributed by atoms with Gasteiger partial charge in [0.15, 0.2) is 11.9 Å². The van der Waals surface area contributed by atoms with E-state index < -0.39 is 0 Å². The van der Waals surface area contributed by atoms with Crippen LogP contribution in [0.1, 0.15) is 24.5 Å². The predicted octanol–water partition coefficient (Wildman–Crippen LogP) is 1.48. The summed E-state index contributed by atoms with van der Waals surface area (Å²) in [6, 6.07) is 3.34. The molecule has 2 unspecified atom stereocenters. The van der Waals surface area contributed by atoms with Crippen LogP contribution in [-0.2, 0) is 9.53 Å². The Morgan fingerprint density at radius 3 is 3.21 bits per heavy atom. The van der Waals surface area contributed by atoms with Gasteiger partial charge in [-0.05, 0) is 18.6 Å². The van der Waals surface area contributed by atoms with Crippen molar-refractivity contribution >= 4 is 11.9 Å². The quantitative estimate of drug-likeness (QED) is 0.632. The zero-order valence-corrected chi connectivity index (χ0v) is 7.47. The molecular formula is C10H9NO3. The molecule has 2 bridgehead atoms. The second kappa shape index (κ2) is 2.70. The van der Waals surface area contributed by atoms with E-state index in [1.54, 1.807) is 6.26 Å². The van der Waals surface area contributed by atoms with Gasteiger partial charge < -0.3 is 9.15 Å². The van der Waals surface area contributed by atoms with Crippen molar-refractivity contribution in [1.29, 1.82) is 0 Å². The van der Waals surface area contributed by atoms with Crippen molar-refractivity contribution in [2.24, 2.45) is 4.99 Å². The number of ether oxygens (including phenoxy) is 1. The molecule has 0 aromatic carbocycles. The molecule has 3 rings (SSSR count). The Morgan fingerprint density at radius 2 is 2.43 bits per heavy atom. The molecule has 4 heteroatoms. The van der Waals surface area contributed by atoms with Crippen LogP contribution < -0.4 is 0 Å². The summed E-state index contributed by atoms with van der Waals surface area (Å²) in [6.45, 7) is 0. The summed E-state index contributed by atoms with van der Waals surface area (Å²) in [4.78, 5) is 15.6. The third-order valence-electron chi connectivity index (χ3n) is 2.70. The lowest BCUT2D eigenvalue weighted by molar-refractivity contribution is -0.135. The van der Waals surface area contributed by atoms with Gasteiger partial charge in [0.2, 0.25) is 0 Å². The highest BCUT2D eigenvalue weighted by Gasteiger charge is 2.41. The first-order chi connectivity index (χ1) is 6.84. The molecule has 1 aromatic heterocycles. The molecule has 0 saturated carbocycles. The van der Waals surface area contributed by atoms with Gasteiger partial charge >= 0.3 is 5.97 Å². The molecule has 4 nitrogen and oxygen atoms in total. The first-order valence-corrected chi connectivity index (χ1v) is 4.66. The molecule has 0 N–H and O–H groups in total. The van der Waals surface area contributed by atoms with Gasteiger partial charge in [0.1, 0.15) is 5.76 Å². The highest BCUT2D eigenvalue weighted by atomic mass is 16.6. The van der Waals surface area contributed by atoms with Crippen LogP contribution >= 0.6 is 0 Å². The minimum Gasteiger partial charge on any atom is -0.469 e. The molecule has 0 amide bonds. The molecule has 2 aliphatic rings. The number of aliphatic imine (C=N–C) groups is 1. The molecule has 3 heterocycles. The number of esters is 1. The molecular weight excluding hydrogens is 182 g/mol. The zero-order chi connectivity index (χ0) is 9.54. The Kier molecular flexibility index (Phi) is 1.50. The van der Waals surface area contributed by atoms with Crippen molar-refractivity contribution in [2.75, 3.05) is 0 Å². The van der Waals surface area contributed by atoms with Gasteiger partial charge in [-0.3, -0.25) is 0 Å². The summed E-state index contributed by atoms with van der Waals surface area (Å²) in [5.41, 5.74) is 0. The molecule has 2 aliphatic heterocycles. The van der Waals surface area contributed by atoms with Gasteiger partial charge in [-0.15, -0.1) is 0 Å². The molecule has 0 aliphatic carbocycles. The number of hydrogen-bond donors (Lipinski definition) is 0. The minimum absolute atomic E-state index is 0.0590. The Bertz CT molecular complexity index is 394. The largest absolute Gasteiger partial charge is 0.469 e. The fraction of sp³-hybridized carbons (Fsp3) is 0.400. The van der Waals surface area contributed by atoms with Crippen LogP contribution in [0.4, 0.5) is 0 Å². The molecule has 14 heavy (non-hydrogen) atoms. The standard InChI is InChI=1S/C10H9NO3/c12-10-9-6(7-2-1-5-13-7)3-4-8(11-9)14-10/h1-2,5-6,9H,3-4H2. The smallest absolute Gasteiger partial charge is 0.338 e. The molecule has 2 atom stereocenters. The maximum atomic E-state index is 11.4. The normalized spacial score (nSPS) is 30.0. The van der Waals surface area contributed by atoms with Crippen molar-refractivity contribution < 1.29 is 13.9 Å². The van der Waals surface area contributed by atoms with Gasteiger partial charge in [0.05, 0.1) is 12.2 Å². The summed E-state index contributed by atoms with van der Waals surface area (Å²) in [6.07, 6.45) is 3.23. The Balaban J connectivity index is 1.96. The second-order valence-electron chi connectivity index (χ2n) is 3.55. The SMILES string of the molecule is O=C1OC2=NC1C(c1ccco1)CC2. The third kappa shape index (κ3) is 0.999. The van der Waals surface area contributed by atoms with Gasteiger partial charge in [-0.2, -0.15) is 0 Å². The van der Waals surface area contributed by atoms with Crippen molar-refractivity contribution in [3.05, 3.63) is 24.2 Å². The third-order valence-corrected chi connectivity index (χ3v) is 2.70. The average molecular weight is 191 g/mol. The van der Waals surface area contributed by atoms with E-state index in [2.05, 4.69) is 4.99 Å². The molecule has 72 valence electrons. The molecule has 1 aromatic rings. The maximum Gasteiger partial charge on any atom is 0.338 e. The Labute approximate surface area is 80.6 Å². The number of fused-ring (bicyclic) bond motifs is 1.